The number of carboxylic acids is 2. The third-order valence-corrected chi connectivity index (χ3v) is 3.15. The van der Waals surface area contributed by atoms with Crippen molar-refractivity contribution in [2.45, 2.75) is 26.1 Å². The summed E-state index contributed by atoms with van der Waals surface area (Å²) in [6.07, 6.45) is -1.66. The average Bonchev–Trinajstić information content (AvgIpc) is 2.52. The predicted octanol–water partition coefficient (Wildman–Crippen LogP) is 2.62. The Morgan fingerprint density at radius 1 is 0.708 bits per heavy atom. The van der Waals surface area contributed by atoms with Crippen LogP contribution in [0.5, 0.6) is 0 Å². The minimum atomic E-state index is -0.833. The summed E-state index contributed by atoms with van der Waals surface area (Å²) in [5, 5.41) is 34.9. The van der Waals surface area contributed by atoms with Gasteiger partial charge in [0, 0.05) is 13.8 Å². The summed E-state index contributed by atoms with van der Waals surface area (Å²) in [5.41, 5.74) is 3.62. The van der Waals surface area contributed by atoms with E-state index in [1.165, 1.54) is 0 Å². The van der Waals surface area contributed by atoms with Crippen LogP contribution in [0.15, 0.2) is 48.5 Å². The van der Waals surface area contributed by atoms with Crippen LogP contribution in [0.3, 0.4) is 0 Å². The molecule has 0 saturated heterocycles. The maximum atomic E-state index is 10.0. The van der Waals surface area contributed by atoms with Crippen LogP contribution in [0, 0.1) is 0 Å². The minimum absolute atomic E-state index is 0.800. The fourth-order valence-corrected chi connectivity index (χ4v) is 2.34. The molecule has 3 rings (SSSR count). The molecule has 0 aromatic heterocycles. The van der Waals surface area contributed by atoms with E-state index in [2.05, 4.69) is 0 Å². The lowest BCUT2D eigenvalue weighted by Crippen LogP contribution is -2.16. The normalized spacial score (nSPS) is 17.0. The first-order chi connectivity index (χ1) is 11.3. The van der Waals surface area contributed by atoms with Gasteiger partial charge in [-0.2, -0.15) is 0 Å². The van der Waals surface area contributed by atoms with Crippen LogP contribution in [0.4, 0.5) is 0 Å². The number of benzene rings is 2. The molecule has 1 aliphatic rings. The lowest BCUT2D eigenvalue weighted by Gasteiger charge is -2.28. The van der Waals surface area contributed by atoms with Crippen molar-refractivity contribution in [1.82, 2.24) is 0 Å². The summed E-state index contributed by atoms with van der Waals surface area (Å²) in [5.74, 6) is -1.67. The van der Waals surface area contributed by atoms with Gasteiger partial charge in [0.2, 0.25) is 0 Å². The summed E-state index contributed by atoms with van der Waals surface area (Å²) in [4.78, 5) is 18.0. The van der Waals surface area contributed by atoms with Crippen molar-refractivity contribution in [3.63, 3.8) is 0 Å². The number of hydrogen-bond acceptors (Lipinski definition) is 4. The Hall–Kier alpha value is -2.70. The molecule has 0 heterocycles. The number of fused-ring (bicyclic) bond motifs is 3. The van der Waals surface area contributed by atoms with E-state index in [-0.39, 0.29) is 0 Å². The van der Waals surface area contributed by atoms with Gasteiger partial charge in [0.05, 0.1) is 0 Å². The molecule has 4 N–H and O–H groups in total. The topological polar surface area (TPSA) is 115 Å². The van der Waals surface area contributed by atoms with Gasteiger partial charge in [-0.3, -0.25) is 9.59 Å². The van der Waals surface area contributed by atoms with Crippen molar-refractivity contribution in [3.8, 4) is 11.1 Å². The number of aliphatic hydroxyl groups excluding tert-OH is 2. The number of carbonyl (C=O) groups is 2. The van der Waals surface area contributed by atoms with Gasteiger partial charge in [0.1, 0.15) is 12.2 Å². The van der Waals surface area contributed by atoms with Gasteiger partial charge in [0.25, 0.3) is 11.9 Å². The summed E-state index contributed by atoms with van der Waals surface area (Å²) < 4.78 is 0. The first-order valence-electron chi connectivity index (χ1n) is 7.19. The van der Waals surface area contributed by atoms with Crippen LogP contribution in [0.1, 0.15) is 37.2 Å². The molecule has 0 fully saturated rings. The Bertz CT molecular complexity index is 641. The summed E-state index contributed by atoms with van der Waals surface area (Å²) in [7, 11) is 0. The van der Waals surface area contributed by atoms with Crippen molar-refractivity contribution in [2.24, 2.45) is 0 Å². The fraction of sp³-hybridized carbons (Fsp3) is 0.222. The van der Waals surface area contributed by atoms with Crippen LogP contribution >= 0.6 is 0 Å². The van der Waals surface area contributed by atoms with Crippen molar-refractivity contribution < 1.29 is 30.0 Å². The molecule has 6 heteroatoms. The average molecular weight is 332 g/mol. The molecule has 6 nitrogen and oxygen atoms in total. The molecule has 128 valence electrons. The molecule has 0 amide bonds. The molecule has 1 aliphatic carbocycles. The Balaban J connectivity index is 0.000000306. The van der Waals surface area contributed by atoms with E-state index in [4.69, 9.17) is 19.8 Å². The lowest BCUT2D eigenvalue weighted by molar-refractivity contribution is -0.135. The Morgan fingerprint density at radius 3 is 1.25 bits per heavy atom. The largest absolute Gasteiger partial charge is 0.481 e. The standard InChI is InChI=1S/C14H12O2.2C2H4O2/c15-13-11-7-3-1-5-9(11)10-6-2-4-8-12(10)14(13)16;2*1-2(3)4/h1-8,13-16H;2*1H3,(H,3,4)/t13-,14-;;/m1../s1. The molecular weight excluding hydrogens is 312 g/mol. The van der Waals surface area contributed by atoms with E-state index >= 15 is 0 Å². The third-order valence-electron chi connectivity index (χ3n) is 3.15. The summed E-state index contributed by atoms with van der Waals surface area (Å²) in [6.45, 7) is 2.17. The molecule has 0 radical (unpaired) electrons. The van der Waals surface area contributed by atoms with Crippen molar-refractivity contribution >= 4 is 11.9 Å². The number of aliphatic carboxylic acids is 2. The monoisotopic (exact) mass is 332 g/mol. The van der Waals surface area contributed by atoms with Crippen LogP contribution in [0.2, 0.25) is 0 Å². The minimum Gasteiger partial charge on any atom is -0.481 e. The van der Waals surface area contributed by atoms with Gasteiger partial charge in [0.15, 0.2) is 0 Å². The van der Waals surface area contributed by atoms with Gasteiger partial charge < -0.3 is 20.4 Å². The SMILES string of the molecule is CC(=O)O.CC(=O)O.O[C@@H]1c2ccccc2-c2ccccc2[C@H]1O. The highest BCUT2D eigenvalue weighted by atomic mass is 16.4. The number of hydrogen-bond donors (Lipinski definition) is 4. The van der Waals surface area contributed by atoms with Crippen molar-refractivity contribution in [1.29, 1.82) is 0 Å². The second-order valence-corrected chi connectivity index (χ2v) is 5.10. The smallest absolute Gasteiger partial charge is 0.300 e. The first kappa shape index (κ1) is 19.3. The zero-order valence-corrected chi connectivity index (χ0v) is 13.4. The molecule has 0 aliphatic heterocycles. The predicted molar refractivity (Wildman–Crippen MR) is 88.4 cm³/mol. The van der Waals surface area contributed by atoms with Crippen LogP contribution in [0.25, 0.3) is 11.1 Å². The van der Waals surface area contributed by atoms with E-state index in [1.54, 1.807) is 0 Å². The maximum Gasteiger partial charge on any atom is 0.300 e. The highest BCUT2D eigenvalue weighted by Crippen LogP contribution is 2.43. The van der Waals surface area contributed by atoms with Gasteiger partial charge in [-0.1, -0.05) is 48.5 Å². The quantitative estimate of drug-likeness (QED) is 0.589. The number of rotatable bonds is 0. The van der Waals surface area contributed by atoms with E-state index in [1.807, 2.05) is 48.5 Å². The van der Waals surface area contributed by atoms with E-state index in [0.29, 0.717) is 0 Å². The second-order valence-electron chi connectivity index (χ2n) is 5.10. The molecule has 2 atom stereocenters. The second kappa shape index (κ2) is 8.81. The van der Waals surface area contributed by atoms with Crippen LogP contribution in [-0.2, 0) is 9.59 Å². The van der Waals surface area contributed by atoms with Gasteiger partial charge in [-0.05, 0) is 22.3 Å². The molecule has 0 unspecified atom stereocenters. The Labute approximate surface area is 139 Å². The highest BCUT2D eigenvalue weighted by molar-refractivity contribution is 5.74. The van der Waals surface area contributed by atoms with Crippen LogP contribution in [-0.4, -0.2) is 32.4 Å². The van der Waals surface area contributed by atoms with Gasteiger partial charge in [-0.15, -0.1) is 0 Å². The summed E-state index contributed by atoms with van der Waals surface area (Å²) >= 11 is 0. The lowest BCUT2D eigenvalue weighted by atomic mass is 9.82. The fourth-order valence-electron chi connectivity index (χ4n) is 2.34. The van der Waals surface area contributed by atoms with Crippen molar-refractivity contribution in [2.75, 3.05) is 0 Å². The highest BCUT2D eigenvalue weighted by Gasteiger charge is 2.30. The first-order valence-corrected chi connectivity index (χ1v) is 7.19. The summed E-state index contributed by atoms with van der Waals surface area (Å²) in [6, 6.07) is 15.3. The molecule has 0 saturated carbocycles. The van der Waals surface area contributed by atoms with Crippen molar-refractivity contribution in [3.05, 3.63) is 59.7 Å². The zero-order valence-electron chi connectivity index (χ0n) is 13.4. The van der Waals surface area contributed by atoms with Gasteiger partial charge >= 0.3 is 0 Å². The molecule has 0 bridgehead atoms. The van der Waals surface area contributed by atoms with E-state index in [9.17, 15) is 10.2 Å². The molecule has 2 aromatic carbocycles. The van der Waals surface area contributed by atoms with Gasteiger partial charge in [-0.25, -0.2) is 0 Å². The van der Waals surface area contributed by atoms with E-state index in [0.717, 1.165) is 36.1 Å². The molecule has 0 spiro atoms. The molecule has 2 aromatic rings. The Morgan fingerprint density at radius 2 is 0.958 bits per heavy atom. The molecule has 24 heavy (non-hydrogen) atoms. The zero-order chi connectivity index (χ0) is 18.3. The Kier molecular flexibility index (Phi) is 7.10. The number of carboxylic acid groups (broad SMARTS) is 2. The number of aliphatic hydroxyl groups is 2. The van der Waals surface area contributed by atoms with Crippen LogP contribution < -0.4 is 0 Å². The maximum absolute atomic E-state index is 10.0. The third kappa shape index (κ3) is 5.19. The van der Waals surface area contributed by atoms with E-state index < -0.39 is 24.1 Å². The molecular formula is C18H20O6.